The molecular formula is C10H14N2. The molecule has 0 aromatic carbocycles. The van der Waals surface area contributed by atoms with Crippen LogP contribution in [-0.4, -0.2) is 11.0 Å². The molecule has 2 nitrogen and oxygen atoms in total. The zero-order valence-corrected chi connectivity index (χ0v) is 7.38. The van der Waals surface area contributed by atoms with E-state index in [1.807, 2.05) is 6.20 Å². The number of aryl methyl sites for hydroxylation is 1. The molecule has 2 rings (SSSR count). The van der Waals surface area contributed by atoms with E-state index in [0.717, 1.165) is 19.3 Å². The zero-order chi connectivity index (χ0) is 8.55. The van der Waals surface area contributed by atoms with Gasteiger partial charge in [0, 0.05) is 17.9 Å². The summed E-state index contributed by atoms with van der Waals surface area (Å²) in [5, 5.41) is 0. The van der Waals surface area contributed by atoms with E-state index in [0.29, 0.717) is 6.04 Å². The van der Waals surface area contributed by atoms with E-state index in [9.17, 15) is 0 Å². The summed E-state index contributed by atoms with van der Waals surface area (Å²) in [4.78, 5) is 4.35. The van der Waals surface area contributed by atoms with Gasteiger partial charge in [-0.25, -0.2) is 0 Å². The number of hydrogen-bond donors (Lipinski definition) is 1. The molecule has 0 radical (unpaired) electrons. The van der Waals surface area contributed by atoms with Crippen LogP contribution in [0, 0.1) is 0 Å². The highest BCUT2D eigenvalue weighted by molar-refractivity contribution is 5.32. The smallest absolute Gasteiger partial charge is 0.0403 e. The third-order valence-electron chi connectivity index (χ3n) is 2.47. The molecule has 1 aromatic rings. The van der Waals surface area contributed by atoms with Gasteiger partial charge in [-0.3, -0.25) is 4.98 Å². The van der Waals surface area contributed by atoms with Gasteiger partial charge in [-0.05, 0) is 36.5 Å². The van der Waals surface area contributed by atoms with Crippen molar-refractivity contribution in [2.75, 3.05) is 0 Å². The third-order valence-corrected chi connectivity index (χ3v) is 2.47. The van der Waals surface area contributed by atoms with E-state index in [-0.39, 0.29) is 0 Å². The lowest BCUT2D eigenvalue weighted by Crippen LogP contribution is -2.18. The van der Waals surface area contributed by atoms with Crippen LogP contribution in [0.2, 0.25) is 0 Å². The van der Waals surface area contributed by atoms with Crippen LogP contribution in [0.3, 0.4) is 0 Å². The summed E-state index contributed by atoms with van der Waals surface area (Å²) in [6.45, 7) is 2.13. The SMILES string of the molecule is CCc1cc2c(cn1)CC(N)C2. The molecule has 0 fully saturated rings. The van der Waals surface area contributed by atoms with Gasteiger partial charge in [0.05, 0.1) is 0 Å². The van der Waals surface area contributed by atoms with Crippen LogP contribution in [0.25, 0.3) is 0 Å². The maximum Gasteiger partial charge on any atom is 0.0403 e. The fraction of sp³-hybridized carbons (Fsp3) is 0.500. The van der Waals surface area contributed by atoms with E-state index in [1.165, 1.54) is 16.8 Å². The van der Waals surface area contributed by atoms with Crippen molar-refractivity contribution in [2.24, 2.45) is 5.73 Å². The van der Waals surface area contributed by atoms with Crippen LogP contribution in [-0.2, 0) is 19.3 Å². The van der Waals surface area contributed by atoms with Crippen molar-refractivity contribution >= 4 is 0 Å². The lowest BCUT2D eigenvalue weighted by Gasteiger charge is -1.99. The number of nitrogens with zero attached hydrogens (tertiary/aromatic N) is 1. The highest BCUT2D eigenvalue weighted by Crippen LogP contribution is 2.20. The molecule has 2 heteroatoms. The summed E-state index contributed by atoms with van der Waals surface area (Å²) in [5.41, 5.74) is 9.79. The van der Waals surface area contributed by atoms with Crippen LogP contribution >= 0.6 is 0 Å². The maximum atomic E-state index is 5.85. The Balaban J connectivity index is 2.35. The Hall–Kier alpha value is -0.890. The van der Waals surface area contributed by atoms with E-state index in [2.05, 4.69) is 18.0 Å². The van der Waals surface area contributed by atoms with Crippen molar-refractivity contribution in [1.29, 1.82) is 0 Å². The predicted octanol–water partition coefficient (Wildman–Crippen LogP) is 1.07. The summed E-state index contributed by atoms with van der Waals surface area (Å²) in [7, 11) is 0. The van der Waals surface area contributed by atoms with Crippen molar-refractivity contribution in [3.8, 4) is 0 Å². The van der Waals surface area contributed by atoms with Gasteiger partial charge >= 0.3 is 0 Å². The Morgan fingerprint density at radius 3 is 3.00 bits per heavy atom. The fourth-order valence-electron chi connectivity index (χ4n) is 1.78. The summed E-state index contributed by atoms with van der Waals surface area (Å²) < 4.78 is 0. The number of aromatic nitrogens is 1. The average Bonchev–Trinajstić information content (AvgIpc) is 2.43. The van der Waals surface area contributed by atoms with Crippen molar-refractivity contribution in [3.63, 3.8) is 0 Å². The minimum atomic E-state index is 0.328. The number of fused-ring (bicyclic) bond motifs is 1. The van der Waals surface area contributed by atoms with Gasteiger partial charge in [0.1, 0.15) is 0 Å². The first-order valence-corrected chi connectivity index (χ1v) is 4.52. The second-order valence-corrected chi connectivity index (χ2v) is 3.47. The molecule has 64 valence electrons. The van der Waals surface area contributed by atoms with Crippen LogP contribution in [0.15, 0.2) is 12.3 Å². The average molecular weight is 162 g/mol. The quantitative estimate of drug-likeness (QED) is 0.671. The Morgan fingerprint density at radius 1 is 1.50 bits per heavy atom. The first kappa shape index (κ1) is 7.74. The highest BCUT2D eigenvalue weighted by Gasteiger charge is 2.18. The molecule has 12 heavy (non-hydrogen) atoms. The maximum absolute atomic E-state index is 5.85. The zero-order valence-electron chi connectivity index (χ0n) is 7.38. The van der Waals surface area contributed by atoms with Gasteiger partial charge < -0.3 is 5.73 Å². The van der Waals surface area contributed by atoms with Gasteiger partial charge in [-0.1, -0.05) is 6.92 Å². The summed E-state index contributed by atoms with van der Waals surface area (Å²) in [6.07, 6.45) is 5.04. The molecule has 0 amide bonds. The van der Waals surface area contributed by atoms with Crippen molar-refractivity contribution < 1.29 is 0 Å². The lowest BCUT2D eigenvalue weighted by molar-refractivity contribution is 0.721. The molecule has 1 heterocycles. The topological polar surface area (TPSA) is 38.9 Å². The van der Waals surface area contributed by atoms with Crippen molar-refractivity contribution in [1.82, 2.24) is 4.98 Å². The molecular weight excluding hydrogens is 148 g/mol. The monoisotopic (exact) mass is 162 g/mol. The predicted molar refractivity (Wildman–Crippen MR) is 49.0 cm³/mol. The molecule has 1 aliphatic carbocycles. The van der Waals surface area contributed by atoms with E-state index in [1.54, 1.807) is 0 Å². The van der Waals surface area contributed by atoms with Crippen LogP contribution in [0.5, 0.6) is 0 Å². The molecule has 0 aliphatic heterocycles. The molecule has 1 unspecified atom stereocenters. The summed E-state index contributed by atoms with van der Waals surface area (Å²) >= 11 is 0. The Kier molecular flexibility index (Phi) is 1.85. The third kappa shape index (κ3) is 1.23. The van der Waals surface area contributed by atoms with Gasteiger partial charge in [0.25, 0.3) is 0 Å². The Morgan fingerprint density at radius 2 is 2.25 bits per heavy atom. The molecule has 0 saturated carbocycles. The number of pyridine rings is 1. The highest BCUT2D eigenvalue weighted by atomic mass is 14.7. The van der Waals surface area contributed by atoms with Crippen molar-refractivity contribution in [3.05, 3.63) is 29.1 Å². The molecule has 2 N–H and O–H groups in total. The standard InChI is InChI=1S/C10H14N2/c1-2-10-5-7-3-9(11)4-8(7)6-12-10/h5-6,9H,2-4,11H2,1H3. The first-order valence-electron chi connectivity index (χ1n) is 4.52. The summed E-state index contributed by atoms with van der Waals surface area (Å²) in [6, 6.07) is 2.52. The number of nitrogens with two attached hydrogens (primary N) is 1. The number of rotatable bonds is 1. The van der Waals surface area contributed by atoms with Gasteiger partial charge in [-0.2, -0.15) is 0 Å². The molecule has 0 bridgehead atoms. The van der Waals surface area contributed by atoms with Gasteiger partial charge in [-0.15, -0.1) is 0 Å². The van der Waals surface area contributed by atoms with E-state index >= 15 is 0 Å². The van der Waals surface area contributed by atoms with Crippen LogP contribution in [0.4, 0.5) is 0 Å². The Bertz CT molecular complexity index is 294. The lowest BCUT2D eigenvalue weighted by atomic mass is 10.1. The largest absolute Gasteiger partial charge is 0.327 e. The van der Waals surface area contributed by atoms with E-state index in [4.69, 9.17) is 5.73 Å². The van der Waals surface area contributed by atoms with Crippen molar-refractivity contribution in [2.45, 2.75) is 32.2 Å². The normalized spacial score (nSPS) is 21.0. The van der Waals surface area contributed by atoms with Gasteiger partial charge in [0.15, 0.2) is 0 Å². The molecule has 1 aliphatic rings. The van der Waals surface area contributed by atoms with E-state index < -0.39 is 0 Å². The molecule has 1 aromatic heterocycles. The van der Waals surface area contributed by atoms with Gasteiger partial charge in [0.2, 0.25) is 0 Å². The Labute approximate surface area is 72.8 Å². The minimum absolute atomic E-state index is 0.328. The van der Waals surface area contributed by atoms with Crippen LogP contribution in [0.1, 0.15) is 23.7 Å². The minimum Gasteiger partial charge on any atom is -0.327 e. The second kappa shape index (κ2) is 2.87. The van der Waals surface area contributed by atoms with Crippen LogP contribution < -0.4 is 5.73 Å². The molecule has 0 saturated heterocycles. The molecule has 0 spiro atoms. The number of hydrogen-bond acceptors (Lipinski definition) is 2. The molecule has 1 atom stereocenters. The first-order chi connectivity index (χ1) is 5.79. The fourth-order valence-corrected chi connectivity index (χ4v) is 1.78. The second-order valence-electron chi connectivity index (χ2n) is 3.47. The summed E-state index contributed by atoms with van der Waals surface area (Å²) in [5.74, 6) is 0.